The van der Waals surface area contributed by atoms with Gasteiger partial charge in [-0.2, -0.15) is 0 Å². The second kappa shape index (κ2) is 9.17. The molecule has 1 fully saturated rings. The number of hydrogen-bond acceptors (Lipinski definition) is 4. The standard InChI is InChI=1S/C20H30FN3O3/c1-14(24-11-7-5-6-8-12-24)18(25)22-15-9-10-16(21)17(13-15)23-19(26)27-20(2,3)4/h9-10,13-14H,5-8,11-12H2,1-4H3,(H,22,25)(H,23,26). The summed E-state index contributed by atoms with van der Waals surface area (Å²) in [4.78, 5) is 26.6. The molecule has 1 aromatic rings. The molecule has 1 saturated heterocycles. The van der Waals surface area contributed by atoms with E-state index in [4.69, 9.17) is 4.74 Å². The first-order valence-corrected chi connectivity index (χ1v) is 9.50. The predicted molar refractivity (Wildman–Crippen MR) is 104 cm³/mol. The largest absolute Gasteiger partial charge is 0.444 e. The number of nitrogens with one attached hydrogen (secondary N) is 2. The van der Waals surface area contributed by atoms with Crippen LogP contribution < -0.4 is 10.6 Å². The Hall–Kier alpha value is -2.15. The number of hydrogen-bond donors (Lipinski definition) is 2. The summed E-state index contributed by atoms with van der Waals surface area (Å²) in [6, 6.07) is 3.81. The van der Waals surface area contributed by atoms with Crippen LogP contribution in [0.25, 0.3) is 0 Å². The number of anilines is 2. The topological polar surface area (TPSA) is 70.7 Å². The lowest BCUT2D eigenvalue weighted by Crippen LogP contribution is -2.42. The molecule has 1 aliphatic heterocycles. The highest BCUT2D eigenvalue weighted by Crippen LogP contribution is 2.21. The average Bonchev–Trinajstić information content (AvgIpc) is 2.84. The predicted octanol–water partition coefficient (Wildman–Crippen LogP) is 4.38. The summed E-state index contributed by atoms with van der Waals surface area (Å²) < 4.78 is 19.1. The molecule has 0 bridgehead atoms. The van der Waals surface area contributed by atoms with E-state index in [9.17, 15) is 14.0 Å². The molecule has 6 nitrogen and oxygen atoms in total. The third kappa shape index (κ3) is 6.82. The van der Waals surface area contributed by atoms with E-state index in [1.807, 2.05) is 6.92 Å². The minimum atomic E-state index is -0.747. The van der Waals surface area contributed by atoms with Crippen molar-refractivity contribution in [3.05, 3.63) is 24.0 Å². The number of likely N-dealkylation sites (tertiary alicyclic amines) is 1. The molecule has 7 heteroatoms. The molecule has 1 aliphatic rings. The monoisotopic (exact) mass is 379 g/mol. The Kier molecular flexibility index (Phi) is 7.18. The summed E-state index contributed by atoms with van der Waals surface area (Å²) in [5, 5.41) is 5.19. The Bertz CT molecular complexity index is 665. The first kappa shape index (κ1) is 21.2. The van der Waals surface area contributed by atoms with Gasteiger partial charge in [0.2, 0.25) is 5.91 Å². The molecule has 1 atom stereocenters. The number of amides is 2. The lowest BCUT2D eigenvalue weighted by atomic mass is 10.2. The van der Waals surface area contributed by atoms with Crippen molar-refractivity contribution in [2.24, 2.45) is 0 Å². The number of carbonyl (C=O) groups is 2. The molecular formula is C20H30FN3O3. The molecule has 0 aliphatic carbocycles. The molecule has 0 radical (unpaired) electrons. The fourth-order valence-corrected chi connectivity index (χ4v) is 3.01. The van der Waals surface area contributed by atoms with Crippen LogP contribution in [-0.4, -0.2) is 41.6 Å². The van der Waals surface area contributed by atoms with Crippen molar-refractivity contribution in [2.45, 2.75) is 65.0 Å². The second-order valence-electron chi connectivity index (χ2n) is 7.94. The van der Waals surface area contributed by atoms with Crippen molar-refractivity contribution in [3.8, 4) is 0 Å². The number of halogens is 1. The molecule has 2 N–H and O–H groups in total. The van der Waals surface area contributed by atoms with Gasteiger partial charge in [-0.3, -0.25) is 15.0 Å². The summed E-state index contributed by atoms with van der Waals surface area (Å²) >= 11 is 0. The molecule has 2 rings (SSSR count). The molecule has 0 aromatic heterocycles. The fraction of sp³-hybridized carbons (Fsp3) is 0.600. The van der Waals surface area contributed by atoms with Crippen LogP contribution in [0.5, 0.6) is 0 Å². The Balaban J connectivity index is 2.01. The highest BCUT2D eigenvalue weighted by Gasteiger charge is 2.23. The Morgan fingerprint density at radius 3 is 2.33 bits per heavy atom. The number of nitrogens with zero attached hydrogens (tertiary/aromatic N) is 1. The quantitative estimate of drug-likeness (QED) is 0.815. The molecule has 1 heterocycles. The van der Waals surface area contributed by atoms with Crippen molar-refractivity contribution < 1.29 is 18.7 Å². The molecular weight excluding hydrogens is 349 g/mol. The summed E-state index contributed by atoms with van der Waals surface area (Å²) in [5.74, 6) is -0.744. The van der Waals surface area contributed by atoms with E-state index < -0.39 is 17.5 Å². The van der Waals surface area contributed by atoms with Gasteiger partial charge in [-0.25, -0.2) is 9.18 Å². The minimum Gasteiger partial charge on any atom is -0.444 e. The zero-order chi connectivity index (χ0) is 20.0. The molecule has 0 spiro atoms. The van der Waals surface area contributed by atoms with Crippen molar-refractivity contribution >= 4 is 23.4 Å². The maximum absolute atomic E-state index is 14.0. The normalized spacial score (nSPS) is 16.9. The maximum atomic E-state index is 14.0. The van der Waals surface area contributed by atoms with Gasteiger partial charge in [0, 0.05) is 5.69 Å². The summed E-state index contributed by atoms with van der Waals surface area (Å²) in [6.45, 7) is 8.87. The van der Waals surface area contributed by atoms with Crippen LogP contribution >= 0.6 is 0 Å². The highest BCUT2D eigenvalue weighted by molar-refractivity contribution is 5.95. The van der Waals surface area contributed by atoms with Crippen molar-refractivity contribution in [3.63, 3.8) is 0 Å². The molecule has 2 amide bonds. The Labute approximate surface area is 160 Å². The minimum absolute atomic E-state index is 0.0375. The van der Waals surface area contributed by atoms with Crippen LogP contribution in [0.1, 0.15) is 53.4 Å². The van der Waals surface area contributed by atoms with E-state index in [-0.39, 0.29) is 17.6 Å². The Morgan fingerprint density at radius 2 is 1.74 bits per heavy atom. The fourth-order valence-electron chi connectivity index (χ4n) is 3.01. The average molecular weight is 379 g/mol. The van der Waals surface area contributed by atoms with Crippen LogP contribution in [0.15, 0.2) is 18.2 Å². The summed E-state index contributed by atoms with van der Waals surface area (Å²) in [6.07, 6.45) is 3.84. The summed E-state index contributed by atoms with van der Waals surface area (Å²) in [7, 11) is 0. The van der Waals surface area contributed by atoms with Crippen molar-refractivity contribution in [2.75, 3.05) is 23.7 Å². The molecule has 0 saturated carbocycles. The summed E-state index contributed by atoms with van der Waals surface area (Å²) in [5.41, 5.74) is -0.298. The highest BCUT2D eigenvalue weighted by atomic mass is 19.1. The first-order valence-electron chi connectivity index (χ1n) is 9.50. The number of ether oxygens (including phenoxy) is 1. The van der Waals surface area contributed by atoms with Gasteiger partial charge in [-0.05, 0) is 71.8 Å². The van der Waals surface area contributed by atoms with Gasteiger partial charge < -0.3 is 10.1 Å². The zero-order valence-corrected chi connectivity index (χ0v) is 16.6. The van der Waals surface area contributed by atoms with Gasteiger partial charge in [0.25, 0.3) is 0 Å². The third-order valence-corrected chi connectivity index (χ3v) is 4.44. The molecule has 1 aromatic carbocycles. The second-order valence-corrected chi connectivity index (χ2v) is 7.94. The van der Waals surface area contributed by atoms with Crippen LogP contribution in [0.2, 0.25) is 0 Å². The van der Waals surface area contributed by atoms with E-state index >= 15 is 0 Å². The van der Waals surface area contributed by atoms with E-state index in [0.717, 1.165) is 25.9 Å². The van der Waals surface area contributed by atoms with Gasteiger partial charge >= 0.3 is 6.09 Å². The first-order chi connectivity index (χ1) is 12.7. The smallest absolute Gasteiger partial charge is 0.412 e. The van der Waals surface area contributed by atoms with Gasteiger partial charge in [0.1, 0.15) is 11.4 Å². The van der Waals surface area contributed by atoms with E-state index in [0.29, 0.717) is 5.69 Å². The van der Waals surface area contributed by atoms with Gasteiger partial charge in [-0.1, -0.05) is 12.8 Å². The lowest BCUT2D eigenvalue weighted by molar-refractivity contribution is -0.120. The number of benzene rings is 1. The third-order valence-electron chi connectivity index (χ3n) is 4.44. The zero-order valence-electron chi connectivity index (χ0n) is 16.6. The maximum Gasteiger partial charge on any atom is 0.412 e. The molecule has 150 valence electrons. The van der Waals surface area contributed by atoms with Crippen LogP contribution in [0, 0.1) is 5.82 Å². The number of rotatable bonds is 4. The molecule has 1 unspecified atom stereocenters. The SMILES string of the molecule is CC(C(=O)Nc1ccc(F)c(NC(=O)OC(C)(C)C)c1)N1CCCCCC1. The van der Waals surface area contributed by atoms with E-state index in [2.05, 4.69) is 15.5 Å². The van der Waals surface area contributed by atoms with Gasteiger partial charge in [0.05, 0.1) is 11.7 Å². The van der Waals surface area contributed by atoms with Gasteiger partial charge in [-0.15, -0.1) is 0 Å². The van der Waals surface area contributed by atoms with E-state index in [1.165, 1.54) is 31.0 Å². The Morgan fingerprint density at radius 1 is 1.11 bits per heavy atom. The van der Waals surface area contributed by atoms with Crippen molar-refractivity contribution in [1.29, 1.82) is 0 Å². The van der Waals surface area contributed by atoms with Crippen LogP contribution in [-0.2, 0) is 9.53 Å². The van der Waals surface area contributed by atoms with Crippen LogP contribution in [0.4, 0.5) is 20.6 Å². The van der Waals surface area contributed by atoms with E-state index in [1.54, 1.807) is 20.8 Å². The van der Waals surface area contributed by atoms with Crippen molar-refractivity contribution in [1.82, 2.24) is 4.90 Å². The van der Waals surface area contributed by atoms with Crippen LogP contribution in [0.3, 0.4) is 0 Å². The lowest BCUT2D eigenvalue weighted by Gasteiger charge is -2.26. The number of carbonyl (C=O) groups excluding carboxylic acids is 2. The van der Waals surface area contributed by atoms with Gasteiger partial charge in [0.15, 0.2) is 0 Å². The molecule has 27 heavy (non-hydrogen) atoms.